The van der Waals surface area contributed by atoms with Crippen molar-refractivity contribution in [2.75, 3.05) is 20.3 Å². The van der Waals surface area contributed by atoms with Crippen LogP contribution < -0.4 is 14.8 Å². The van der Waals surface area contributed by atoms with E-state index in [0.29, 0.717) is 24.7 Å². The van der Waals surface area contributed by atoms with Crippen molar-refractivity contribution < 1.29 is 14.3 Å². The average Bonchev–Trinajstić information content (AvgIpc) is 3.20. The van der Waals surface area contributed by atoms with E-state index in [2.05, 4.69) is 10.4 Å². The summed E-state index contributed by atoms with van der Waals surface area (Å²) in [5, 5.41) is 7.07. The van der Waals surface area contributed by atoms with E-state index in [1.807, 2.05) is 60.8 Å². The Morgan fingerprint density at radius 3 is 2.63 bits per heavy atom. The van der Waals surface area contributed by atoms with Crippen LogP contribution in [0.5, 0.6) is 11.5 Å². The maximum Gasteiger partial charge on any atom is 0.244 e. The van der Waals surface area contributed by atoms with Gasteiger partial charge in [0, 0.05) is 17.8 Å². The molecule has 3 rings (SSSR count). The number of carbonyl (C=O) groups is 1. The molecule has 1 aromatic heterocycles. The van der Waals surface area contributed by atoms with E-state index in [1.165, 1.54) is 6.08 Å². The number of nitrogens with zero attached hydrogens (tertiary/aromatic N) is 2. The molecule has 0 aliphatic rings. The molecule has 0 spiro atoms. The molecule has 1 amide bonds. The minimum Gasteiger partial charge on any atom is -0.493 e. The van der Waals surface area contributed by atoms with Crippen LogP contribution in [0.3, 0.4) is 0 Å². The fraction of sp³-hybridized carbons (Fsp3) is 0.143. The van der Waals surface area contributed by atoms with E-state index >= 15 is 0 Å². The summed E-state index contributed by atoms with van der Waals surface area (Å²) in [4.78, 5) is 11.9. The summed E-state index contributed by atoms with van der Waals surface area (Å²) in [5.41, 5.74) is 1.81. The molecule has 0 aliphatic heterocycles. The highest BCUT2D eigenvalue weighted by molar-refractivity contribution is 5.91. The number of amides is 1. The van der Waals surface area contributed by atoms with Gasteiger partial charge in [0.05, 0.1) is 25.5 Å². The molecule has 0 saturated carbocycles. The van der Waals surface area contributed by atoms with Crippen molar-refractivity contribution in [3.05, 3.63) is 78.6 Å². The zero-order valence-electron chi connectivity index (χ0n) is 15.0. The Labute approximate surface area is 158 Å². The Hall–Kier alpha value is -3.54. The van der Waals surface area contributed by atoms with Crippen molar-refractivity contribution in [2.45, 2.75) is 0 Å². The third kappa shape index (κ3) is 5.22. The first-order chi connectivity index (χ1) is 13.3. The second-order valence-corrected chi connectivity index (χ2v) is 5.68. The second kappa shape index (κ2) is 9.24. The number of hydrogen-bond donors (Lipinski definition) is 1. The third-order valence-corrected chi connectivity index (χ3v) is 3.78. The van der Waals surface area contributed by atoms with Gasteiger partial charge in [-0.3, -0.25) is 4.79 Å². The molecule has 0 saturated heterocycles. The lowest BCUT2D eigenvalue weighted by molar-refractivity contribution is -0.116. The summed E-state index contributed by atoms with van der Waals surface area (Å²) in [7, 11) is 1.59. The molecule has 6 heteroatoms. The number of nitrogens with one attached hydrogen (secondary N) is 1. The molecule has 0 radical (unpaired) electrons. The van der Waals surface area contributed by atoms with Crippen LogP contribution >= 0.6 is 0 Å². The molecule has 0 atom stereocenters. The smallest absolute Gasteiger partial charge is 0.244 e. The summed E-state index contributed by atoms with van der Waals surface area (Å²) in [6.45, 7) is 0.746. The van der Waals surface area contributed by atoms with Crippen LogP contribution in [0.25, 0.3) is 11.8 Å². The van der Waals surface area contributed by atoms with Gasteiger partial charge in [0.15, 0.2) is 11.5 Å². The predicted molar refractivity (Wildman–Crippen MR) is 104 cm³/mol. The first kappa shape index (κ1) is 18.3. The summed E-state index contributed by atoms with van der Waals surface area (Å²) in [5.74, 6) is 1.13. The standard InChI is InChI=1S/C21H21N3O3/c1-26-19-9-5-6-10-20(19)27-14-13-22-21(25)12-11-17-15-23-24(16-17)18-7-3-2-4-8-18/h2-12,15-16H,13-14H2,1H3,(H,22,25)/b12-11+. The molecule has 0 unspecified atom stereocenters. The molecule has 3 aromatic rings. The maximum atomic E-state index is 11.9. The van der Waals surface area contributed by atoms with Crippen LogP contribution in [0.2, 0.25) is 0 Å². The molecule has 6 nitrogen and oxygen atoms in total. The van der Waals surface area contributed by atoms with Gasteiger partial charge in [0.25, 0.3) is 0 Å². The molecular formula is C21H21N3O3. The van der Waals surface area contributed by atoms with Crippen molar-refractivity contribution in [2.24, 2.45) is 0 Å². The molecule has 0 aliphatic carbocycles. The largest absolute Gasteiger partial charge is 0.493 e. The van der Waals surface area contributed by atoms with E-state index in [9.17, 15) is 4.79 Å². The van der Waals surface area contributed by atoms with E-state index in [0.717, 1.165) is 11.3 Å². The first-order valence-corrected chi connectivity index (χ1v) is 8.58. The fourth-order valence-electron chi connectivity index (χ4n) is 2.45. The molecule has 2 aromatic carbocycles. The van der Waals surface area contributed by atoms with Crippen LogP contribution in [0.1, 0.15) is 5.56 Å². The molecule has 1 N–H and O–H groups in total. The number of hydrogen-bond acceptors (Lipinski definition) is 4. The number of para-hydroxylation sites is 3. The Balaban J connectivity index is 1.45. The van der Waals surface area contributed by atoms with E-state index in [-0.39, 0.29) is 5.91 Å². The van der Waals surface area contributed by atoms with E-state index in [1.54, 1.807) is 24.1 Å². The van der Waals surface area contributed by atoms with E-state index in [4.69, 9.17) is 9.47 Å². The zero-order chi connectivity index (χ0) is 18.9. The van der Waals surface area contributed by atoms with Gasteiger partial charge < -0.3 is 14.8 Å². The lowest BCUT2D eigenvalue weighted by Crippen LogP contribution is -2.26. The van der Waals surface area contributed by atoms with Crippen molar-refractivity contribution >= 4 is 12.0 Å². The lowest BCUT2D eigenvalue weighted by Gasteiger charge is -2.10. The van der Waals surface area contributed by atoms with Gasteiger partial charge in [0.2, 0.25) is 5.91 Å². The van der Waals surface area contributed by atoms with Crippen LogP contribution in [-0.2, 0) is 4.79 Å². The average molecular weight is 363 g/mol. The Kier molecular flexibility index (Phi) is 6.25. The van der Waals surface area contributed by atoms with Crippen molar-refractivity contribution in [3.8, 4) is 17.2 Å². The van der Waals surface area contributed by atoms with Crippen LogP contribution in [-0.4, -0.2) is 35.9 Å². The Morgan fingerprint density at radius 2 is 1.85 bits per heavy atom. The highest BCUT2D eigenvalue weighted by atomic mass is 16.5. The predicted octanol–water partition coefficient (Wildman–Crippen LogP) is 3.09. The van der Waals surface area contributed by atoms with Crippen molar-refractivity contribution in [3.63, 3.8) is 0 Å². The SMILES string of the molecule is COc1ccccc1OCCNC(=O)/C=C/c1cnn(-c2ccccc2)c1. The highest BCUT2D eigenvalue weighted by Gasteiger charge is 2.03. The minimum atomic E-state index is -0.189. The number of methoxy groups -OCH3 is 1. The molecule has 1 heterocycles. The Morgan fingerprint density at radius 1 is 1.11 bits per heavy atom. The lowest BCUT2D eigenvalue weighted by atomic mass is 10.3. The van der Waals surface area contributed by atoms with Gasteiger partial charge in [0.1, 0.15) is 6.61 Å². The molecule has 27 heavy (non-hydrogen) atoms. The maximum absolute atomic E-state index is 11.9. The number of aromatic nitrogens is 2. The highest BCUT2D eigenvalue weighted by Crippen LogP contribution is 2.25. The molecule has 0 bridgehead atoms. The molecule has 0 fully saturated rings. The van der Waals surface area contributed by atoms with Gasteiger partial charge in [-0.1, -0.05) is 30.3 Å². The minimum absolute atomic E-state index is 0.189. The normalized spacial score (nSPS) is 10.7. The van der Waals surface area contributed by atoms with Crippen LogP contribution in [0, 0.1) is 0 Å². The first-order valence-electron chi connectivity index (χ1n) is 8.58. The summed E-state index contributed by atoms with van der Waals surface area (Å²) >= 11 is 0. The van der Waals surface area contributed by atoms with Crippen LogP contribution in [0.15, 0.2) is 73.1 Å². The van der Waals surface area contributed by atoms with Gasteiger partial charge in [-0.2, -0.15) is 5.10 Å². The molecular weight excluding hydrogens is 342 g/mol. The Bertz CT molecular complexity index is 904. The third-order valence-electron chi connectivity index (χ3n) is 3.78. The quantitative estimate of drug-likeness (QED) is 0.493. The number of ether oxygens (including phenoxy) is 2. The topological polar surface area (TPSA) is 65.4 Å². The second-order valence-electron chi connectivity index (χ2n) is 5.68. The van der Waals surface area contributed by atoms with Crippen LogP contribution in [0.4, 0.5) is 0 Å². The zero-order valence-corrected chi connectivity index (χ0v) is 15.0. The van der Waals surface area contributed by atoms with Gasteiger partial charge in [-0.25, -0.2) is 4.68 Å². The number of rotatable bonds is 8. The van der Waals surface area contributed by atoms with Crippen molar-refractivity contribution in [1.29, 1.82) is 0 Å². The fourth-order valence-corrected chi connectivity index (χ4v) is 2.45. The summed E-state index contributed by atoms with van der Waals surface area (Å²) < 4.78 is 12.6. The number of carbonyl (C=O) groups excluding carboxylic acids is 1. The van der Waals surface area contributed by atoms with E-state index < -0.39 is 0 Å². The van der Waals surface area contributed by atoms with Gasteiger partial charge in [-0.15, -0.1) is 0 Å². The van der Waals surface area contributed by atoms with Crippen molar-refractivity contribution in [1.82, 2.24) is 15.1 Å². The summed E-state index contributed by atoms with van der Waals surface area (Å²) in [6, 6.07) is 17.2. The molecule has 138 valence electrons. The monoisotopic (exact) mass is 363 g/mol. The van der Waals surface area contributed by atoms with Gasteiger partial charge >= 0.3 is 0 Å². The van der Waals surface area contributed by atoms with Gasteiger partial charge in [-0.05, 0) is 30.3 Å². The summed E-state index contributed by atoms with van der Waals surface area (Å²) in [6.07, 6.45) is 6.78. The number of benzene rings is 2.